The van der Waals surface area contributed by atoms with Crippen LogP contribution in [-0.2, 0) is 25.1 Å². The van der Waals surface area contributed by atoms with Crippen LogP contribution < -0.4 is 0 Å². The molecule has 0 aromatic carbocycles. The minimum Gasteiger partial charge on any atom is -0.469 e. The average molecular weight is 290 g/mol. The van der Waals surface area contributed by atoms with Gasteiger partial charge in [-0.1, -0.05) is 6.92 Å². The number of rotatable bonds is 8. The Labute approximate surface area is 106 Å². The molecule has 0 fully saturated rings. The van der Waals surface area contributed by atoms with Crippen LogP contribution in [0.4, 0.5) is 13.2 Å². The number of hydrogen-bond donors (Lipinski definition) is 0. The standard InChI is InChI=1S/C10H17F3O4S/c1-8(6-9(14)16-2)18(15)5-3-4-17-7-10(11,12)13/h8H,3-7H2,1-2H3. The first kappa shape index (κ1) is 17.4. The zero-order valence-corrected chi connectivity index (χ0v) is 11.1. The number of halogens is 3. The smallest absolute Gasteiger partial charge is 0.411 e. The molecule has 8 heteroatoms. The molecule has 0 amide bonds. The molecule has 4 nitrogen and oxygen atoms in total. The summed E-state index contributed by atoms with van der Waals surface area (Å²) in [4.78, 5) is 10.9. The minimum atomic E-state index is -4.34. The van der Waals surface area contributed by atoms with Crippen LogP contribution in [0.3, 0.4) is 0 Å². The molecule has 0 saturated heterocycles. The van der Waals surface area contributed by atoms with Crippen molar-refractivity contribution in [2.45, 2.75) is 31.2 Å². The molecular weight excluding hydrogens is 273 g/mol. The van der Waals surface area contributed by atoms with Gasteiger partial charge in [0, 0.05) is 28.4 Å². The second kappa shape index (κ2) is 8.47. The molecule has 0 rings (SSSR count). The number of ether oxygens (including phenoxy) is 2. The van der Waals surface area contributed by atoms with Crippen LogP contribution in [0.25, 0.3) is 0 Å². The molecule has 108 valence electrons. The first-order valence-corrected chi connectivity index (χ1v) is 6.73. The topological polar surface area (TPSA) is 52.6 Å². The molecule has 0 aliphatic carbocycles. The number of carbonyl (C=O) groups excluding carboxylic acids is 1. The van der Waals surface area contributed by atoms with Crippen LogP contribution in [0.5, 0.6) is 0 Å². The highest BCUT2D eigenvalue weighted by molar-refractivity contribution is 7.85. The van der Waals surface area contributed by atoms with Crippen molar-refractivity contribution in [1.29, 1.82) is 0 Å². The van der Waals surface area contributed by atoms with Gasteiger partial charge >= 0.3 is 12.1 Å². The van der Waals surface area contributed by atoms with E-state index in [0.29, 0.717) is 0 Å². The van der Waals surface area contributed by atoms with Crippen LogP contribution in [0.2, 0.25) is 0 Å². The lowest BCUT2D eigenvalue weighted by Gasteiger charge is -2.10. The quantitative estimate of drug-likeness (QED) is 0.504. The van der Waals surface area contributed by atoms with E-state index in [4.69, 9.17) is 0 Å². The predicted octanol–water partition coefficient (Wildman–Crippen LogP) is 1.66. The molecule has 0 aliphatic rings. The number of carbonyl (C=O) groups is 1. The number of hydrogen-bond acceptors (Lipinski definition) is 4. The average Bonchev–Trinajstić information content (AvgIpc) is 2.26. The maximum Gasteiger partial charge on any atom is 0.411 e. The van der Waals surface area contributed by atoms with Crippen LogP contribution in [0, 0.1) is 0 Å². The maximum absolute atomic E-state index is 11.7. The SMILES string of the molecule is COC(=O)CC(C)S(=O)CCCOCC(F)(F)F. The third-order valence-electron chi connectivity index (χ3n) is 2.03. The highest BCUT2D eigenvalue weighted by Crippen LogP contribution is 2.14. The van der Waals surface area contributed by atoms with Crippen molar-refractivity contribution in [2.75, 3.05) is 26.1 Å². The van der Waals surface area contributed by atoms with E-state index in [9.17, 15) is 22.2 Å². The molecule has 2 atom stereocenters. The molecule has 0 heterocycles. The molecule has 0 bridgehead atoms. The van der Waals surface area contributed by atoms with Crippen LogP contribution in [0.15, 0.2) is 0 Å². The van der Waals surface area contributed by atoms with E-state index < -0.39 is 29.6 Å². The van der Waals surface area contributed by atoms with Crippen molar-refractivity contribution in [3.05, 3.63) is 0 Å². The third-order valence-corrected chi connectivity index (χ3v) is 3.79. The highest BCUT2D eigenvalue weighted by atomic mass is 32.2. The normalized spacial score (nSPS) is 15.2. The third kappa shape index (κ3) is 9.41. The maximum atomic E-state index is 11.7. The molecule has 0 spiro atoms. The lowest BCUT2D eigenvalue weighted by atomic mass is 10.3. The molecule has 0 saturated carbocycles. The molecule has 0 aromatic heterocycles. The summed E-state index contributed by atoms with van der Waals surface area (Å²) in [5.41, 5.74) is 0. The summed E-state index contributed by atoms with van der Waals surface area (Å²) < 4.78 is 55.5. The molecule has 0 radical (unpaired) electrons. The molecule has 18 heavy (non-hydrogen) atoms. The Morgan fingerprint density at radius 1 is 1.39 bits per heavy atom. The number of methoxy groups -OCH3 is 1. The molecule has 2 unspecified atom stereocenters. The Morgan fingerprint density at radius 3 is 2.50 bits per heavy atom. The van der Waals surface area contributed by atoms with E-state index in [1.165, 1.54) is 7.11 Å². The van der Waals surface area contributed by atoms with Crippen LogP contribution in [-0.4, -0.2) is 47.7 Å². The second-order valence-electron chi connectivity index (χ2n) is 3.70. The molecule has 0 N–H and O–H groups in total. The van der Waals surface area contributed by atoms with Gasteiger partial charge in [-0.15, -0.1) is 0 Å². The Balaban J connectivity index is 3.67. The van der Waals surface area contributed by atoms with E-state index in [-0.39, 0.29) is 30.5 Å². The van der Waals surface area contributed by atoms with Crippen molar-refractivity contribution in [3.63, 3.8) is 0 Å². The van der Waals surface area contributed by atoms with E-state index in [2.05, 4.69) is 9.47 Å². The summed E-state index contributed by atoms with van der Waals surface area (Å²) >= 11 is 0. The number of esters is 1. The summed E-state index contributed by atoms with van der Waals surface area (Å²) in [5, 5.41) is -0.375. The van der Waals surface area contributed by atoms with Crippen molar-refractivity contribution < 1.29 is 31.6 Å². The lowest BCUT2D eigenvalue weighted by Crippen LogP contribution is -2.21. The fraction of sp³-hybridized carbons (Fsp3) is 0.900. The van der Waals surface area contributed by atoms with Gasteiger partial charge in [-0.05, 0) is 6.42 Å². The second-order valence-corrected chi connectivity index (χ2v) is 5.67. The Morgan fingerprint density at radius 2 is 2.00 bits per heavy atom. The molecule has 0 aliphatic heterocycles. The van der Waals surface area contributed by atoms with Crippen molar-refractivity contribution in [1.82, 2.24) is 0 Å². The first-order valence-electron chi connectivity index (χ1n) is 5.34. The largest absolute Gasteiger partial charge is 0.469 e. The van der Waals surface area contributed by atoms with Crippen LogP contribution >= 0.6 is 0 Å². The molecule has 0 aromatic rings. The predicted molar refractivity (Wildman–Crippen MR) is 60.6 cm³/mol. The van der Waals surface area contributed by atoms with E-state index in [0.717, 1.165) is 0 Å². The van der Waals surface area contributed by atoms with Crippen molar-refractivity contribution in [2.24, 2.45) is 0 Å². The highest BCUT2D eigenvalue weighted by Gasteiger charge is 2.27. The van der Waals surface area contributed by atoms with Gasteiger partial charge in [0.25, 0.3) is 0 Å². The van der Waals surface area contributed by atoms with Gasteiger partial charge in [0.05, 0.1) is 13.5 Å². The summed E-state index contributed by atoms with van der Waals surface area (Å²) in [6.45, 7) is 0.233. The summed E-state index contributed by atoms with van der Waals surface area (Å²) in [6.07, 6.45) is -4.04. The Hall–Kier alpha value is -0.630. The van der Waals surface area contributed by atoms with Gasteiger partial charge in [-0.3, -0.25) is 9.00 Å². The summed E-state index contributed by atoms with van der Waals surface area (Å²) in [7, 11) is -0.0346. The van der Waals surface area contributed by atoms with Gasteiger partial charge < -0.3 is 9.47 Å². The zero-order valence-electron chi connectivity index (χ0n) is 10.3. The first-order chi connectivity index (χ1) is 8.26. The lowest BCUT2D eigenvalue weighted by molar-refractivity contribution is -0.173. The van der Waals surface area contributed by atoms with Gasteiger partial charge in [-0.2, -0.15) is 13.2 Å². The van der Waals surface area contributed by atoms with Gasteiger partial charge in [0.2, 0.25) is 0 Å². The Bertz CT molecular complexity index is 281. The minimum absolute atomic E-state index is 0.0342. The Kier molecular flexibility index (Phi) is 8.17. The summed E-state index contributed by atoms with van der Waals surface area (Å²) in [5.74, 6) is -0.250. The van der Waals surface area contributed by atoms with Crippen molar-refractivity contribution in [3.8, 4) is 0 Å². The summed E-state index contributed by atoms with van der Waals surface area (Å²) in [6, 6.07) is 0. The molecular formula is C10H17F3O4S. The zero-order chi connectivity index (χ0) is 14.2. The van der Waals surface area contributed by atoms with Crippen LogP contribution in [0.1, 0.15) is 19.8 Å². The van der Waals surface area contributed by atoms with E-state index >= 15 is 0 Å². The van der Waals surface area contributed by atoms with Gasteiger partial charge in [-0.25, -0.2) is 0 Å². The monoisotopic (exact) mass is 290 g/mol. The van der Waals surface area contributed by atoms with Crippen molar-refractivity contribution >= 4 is 16.8 Å². The van der Waals surface area contributed by atoms with E-state index in [1.807, 2.05) is 0 Å². The van der Waals surface area contributed by atoms with Gasteiger partial charge in [0.15, 0.2) is 0 Å². The fourth-order valence-corrected chi connectivity index (χ4v) is 2.23. The number of alkyl halides is 3. The fourth-order valence-electron chi connectivity index (χ4n) is 1.10. The van der Waals surface area contributed by atoms with Gasteiger partial charge in [0.1, 0.15) is 6.61 Å². The van der Waals surface area contributed by atoms with E-state index in [1.54, 1.807) is 6.92 Å².